The number of quaternary nitrogens is 1. The standard InChI is InChI=1S/C50H60ClFN10O9/c1-69-41-30-40-36(45(57-32-56-40)58-35-13-14-38(52)37(51)28-35)29-42(41)71-25-7-22-62(23-26-70-27-24-62)31-33-9-11-34(12-10-33)59-46(65)39(8-5-20-55-49(53)68)60-48(67)50(17-6-18-50)47(66)54-19-3-2-4-21-61-43(63)15-16-44(61)64/h9-16,28-30,32,39H,2-8,17-27,31H2,1H3,(H6-,53,54,55,56,57,58,59,60,65,66,67,68)/p+1. The highest BCUT2D eigenvalue weighted by molar-refractivity contribution is 6.31. The summed E-state index contributed by atoms with van der Waals surface area (Å²) < 4.78 is 32.4. The fourth-order valence-electron chi connectivity index (χ4n) is 8.99. The lowest BCUT2D eigenvalue weighted by Gasteiger charge is -2.41. The van der Waals surface area contributed by atoms with E-state index in [1.54, 1.807) is 19.2 Å². The van der Waals surface area contributed by atoms with E-state index in [2.05, 4.69) is 36.6 Å². The van der Waals surface area contributed by atoms with Gasteiger partial charge in [0.2, 0.25) is 17.7 Å². The van der Waals surface area contributed by atoms with Gasteiger partial charge in [-0.05, 0) is 81.3 Å². The number of anilines is 3. The molecule has 0 bridgehead atoms. The normalized spacial score (nSPS) is 16.2. The number of methoxy groups -OCH3 is 1. The van der Waals surface area contributed by atoms with Gasteiger partial charge < -0.3 is 51.0 Å². The first-order valence-electron chi connectivity index (χ1n) is 23.9. The van der Waals surface area contributed by atoms with Gasteiger partial charge in [0.25, 0.3) is 11.8 Å². The minimum Gasteiger partial charge on any atom is -0.493 e. The monoisotopic (exact) mass is 999 g/mol. The van der Waals surface area contributed by atoms with Crippen LogP contribution < -0.4 is 41.8 Å². The fraction of sp³-hybridized carbons (Fsp3) is 0.440. The molecule has 2 fully saturated rings. The lowest BCUT2D eigenvalue weighted by atomic mass is 9.67. The van der Waals surface area contributed by atoms with E-state index in [1.165, 1.54) is 35.5 Å². The Morgan fingerprint density at radius 2 is 1.62 bits per heavy atom. The van der Waals surface area contributed by atoms with E-state index in [-0.39, 0.29) is 29.8 Å². The lowest BCUT2D eigenvalue weighted by Crippen LogP contribution is -2.58. The van der Waals surface area contributed by atoms with Gasteiger partial charge in [0, 0.05) is 66.6 Å². The molecular formula is C50H61ClFN10O9+. The van der Waals surface area contributed by atoms with Crippen LogP contribution in [0.2, 0.25) is 5.02 Å². The Labute approximate surface area is 416 Å². The molecule has 71 heavy (non-hydrogen) atoms. The van der Waals surface area contributed by atoms with E-state index >= 15 is 0 Å². The van der Waals surface area contributed by atoms with Crippen LogP contribution in [-0.2, 0) is 35.3 Å². The number of nitrogens with zero attached hydrogens (tertiary/aromatic N) is 4. The molecule has 378 valence electrons. The lowest BCUT2D eigenvalue weighted by molar-refractivity contribution is -0.947. The second kappa shape index (κ2) is 24.3. The summed E-state index contributed by atoms with van der Waals surface area (Å²) in [5, 5.41) is 15.0. The summed E-state index contributed by atoms with van der Waals surface area (Å²) in [6, 6.07) is 13.8. The summed E-state index contributed by atoms with van der Waals surface area (Å²) in [5.41, 5.74) is 6.69. The number of nitrogens with two attached hydrogens (primary N) is 1. The van der Waals surface area contributed by atoms with Crippen molar-refractivity contribution >= 4 is 75.3 Å². The summed E-state index contributed by atoms with van der Waals surface area (Å²) in [5.74, 6) is -1.08. The predicted molar refractivity (Wildman–Crippen MR) is 263 cm³/mol. The number of urea groups is 1. The zero-order valence-corrected chi connectivity index (χ0v) is 40.5. The molecule has 19 nitrogen and oxygen atoms in total. The molecule has 2 aliphatic heterocycles. The van der Waals surface area contributed by atoms with Gasteiger partial charge in [-0.1, -0.05) is 30.2 Å². The van der Waals surface area contributed by atoms with Crippen LogP contribution in [0.5, 0.6) is 11.5 Å². The first kappa shape index (κ1) is 51.9. The van der Waals surface area contributed by atoms with Gasteiger partial charge in [0.05, 0.1) is 44.0 Å². The van der Waals surface area contributed by atoms with Gasteiger partial charge in [-0.3, -0.25) is 28.9 Å². The van der Waals surface area contributed by atoms with E-state index in [0.717, 1.165) is 36.1 Å². The number of nitrogens with one attached hydrogen (secondary N) is 5. The average Bonchev–Trinajstić information content (AvgIpc) is 3.66. The van der Waals surface area contributed by atoms with E-state index in [1.807, 2.05) is 30.3 Å². The molecule has 3 heterocycles. The van der Waals surface area contributed by atoms with Crippen LogP contribution in [-0.4, -0.2) is 127 Å². The van der Waals surface area contributed by atoms with Gasteiger partial charge >= 0.3 is 6.03 Å². The molecule has 0 spiro atoms. The van der Waals surface area contributed by atoms with Crippen molar-refractivity contribution in [2.45, 2.75) is 70.4 Å². The third-order valence-corrected chi connectivity index (χ3v) is 13.5. The number of ether oxygens (including phenoxy) is 3. The second-order valence-corrected chi connectivity index (χ2v) is 18.4. The highest BCUT2D eigenvalue weighted by Gasteiger charge is 2.51. The summed E-state index contributed by atoms with van der Waals surface area (Å²) in [7, 11) is 1.57. The van der Waals surface area contributed by atoms with Crippen LogP contribution >= 0.6 is 11.6 Å². The molecule has 0 radical (unpaired) electrons. The number of hydrogen-bond donors (Lipinski definition) is 6. The number of morpholine rings is 1. The Morgan fingerprint density at radius 3 is 2.31 bits per heavy atom. The van der Waals surface area contributed by atoms with Crippen molar-refractivity contribution in [1.82, 2.24) is 30.8 Å². The molecule has 4 aromatic rings. The van der Waals surface area contributed by atoms with Crippen molar-refractivity contribution in [3.63, 3.8) is 0 Å². The average molecular weight is 1000 g/mol. The van der Waals surface area contributed by atoms with Crippen molar-refractivity contribution in [2.75, 3.05) is 76.8 Å². The Hall–Kier alpha value is -6.90. The van der Waals surface area contributed by atoms with Gasteiger partial charge in [-0.15, -0.1) is 0 Å². The third kappa shape index (κ3) is 13.5. The number of aromatic nitrogens is 2. The molecule has 7 rings (SSSR count). The van der Waals surface area contributed by atoms with Gasteiger partial charge in [-0.2, -0.15) is 0 Å². The number of unbranched alkanes of at least 4 members (excludes halogenated alkanes) is 2. The Morgan fingerprint density at radius 1 is 0.887 bits per heavy atom. The van der Waals surface area contributed by atoms with E-state index < -0.39 is 41.0 Å². The molecule has 3 aromatic carbocycles. The van der Waals surface area contributed by atoms with Gasteiger partial charge in [0.1, 0.15) is 49.1 Å². The topological polar surface area (TPSA) is 245 Å². The summed E-state index contributed by atoms with van der Waals surface area (Å²) >= 11 is 6.02. The number of amides is 7. The summed E-state index contributed by atoms with van der Waals surface area (Å²) in [6.45, 7) is 5.52. The van der Waals surface area contributed by atoms with Crippen molar-refractivity contribution in [3.05, 3.63) is 89.5 Å². The molecule has 1 aromatic heterocycles. The maximum Gasteiger partial charge on any atom is 0.312 e. The molecule has 1 unspecified atom stereocenters. The number of rotatable bonds is 25. The van der Waals surface area contributed by atoms with Crippen LogP contribution in [0.25, 0.3) is 10.9 Å². The third-order valence-electron chi connectivity index (χ3n) is 13.2. The highest BCUT2D eigenvalue weighted by atomic mass is 35.5. The van der Waals surface area contributed by atoms with Crippen LogP contribution in [0.15, 0.2) is 73.1 Å². The number of carbonyl (C=O) groups is 6. The SMILES string of the molecule is COc1cc2ncnc(Nc3ccc(F)c(Cl)c3)c2cc1OCCC[N+]1(Cc2ccc(NC(=O)C(CCCNC(N)=O)NC(=O)C3(C(=O)NCCCCCN4C(=O)C=CC4=O)CCC3)cc2)CCOCC1. The minimum atomic E-state index is -1.32. The molecular weight excluding hydrogens is 939 g/mol. The van der Waals surface area contributed by atoms with Crippen LogP contribution in [0.1, 0.15) is 63.4 Å². The quantitative estimate of drug-likeness (QED) is 0.0216. The summed E-state index contributed by atoms with van der Waals surface area (Å²) in [6.07, 6.45) is 8.31. The highest BCUT2D eigenvalue weighted by Crippen LogP contribution is 2.42. The van der Waals surface area contributed by atoms with Crippen molar-refractivity contribution in [2.24, 2.45) is 11.1 Å². The smallest absolute Gasteiger partial charge is 0.312 e. The number of hydrogen-bond acceptors (Lipinski definition) is 12. The Bertz CT molecular complexity index is 2590. The maximum absolute atomic E-state index is 13.9. The van der Waals surface area contributed by atoms with Crippen molar-refractivity contribution in [1.29, 1.82) is 0 Å². The molecule has 1 saturated carbocycles. The first-order valence-corrected chi connectivity index (χ1v) is 24.3. The van der Waals surface area contributed by atoms with Gasteiger partial charge in [0.15, 0.2) is 11.5 Å². The number of fused-ring (bicyclic) bond motifs is 1. The molecule has 1 saturated heterocycles. The minimum absolute atomic E-state index is 0.0170. The molecule has 7 amide bonds. The van der Waals surface area contributed by atoms with Crippen molar-refractivity contribution < 1.29 is 51.9 Å². The van der Waals surface area contributed by atoms with Gasteiger partial charge in [-0.25, -0.2) is 19.2 Å². The molecule has 7 N–H and O–H groups in total. The molecule has 1 atom stereocenters. The zero-order valence-electron chi connectivity index (χ0n) is 39.7. The zero-order chi connectivity index (χ0) is 50.4. The largest absolute Gasteiger partial charge is 0.493 e. The Balaban J connectivity index is 0.931. The first-order chi connectivity index (χ1) is 34.3. The van der Waals surface area contributed by atoms with Crippen LogP contribution in [0, 0.1) is 11.2 Å². The molecule has 1 aliphatic carbocycles. The van der Waals surface area contributed by atoms with Crippen LogP contribution in [0.3, 0.4) is 0 Å². The Kier molecular flexibility index (Phi) is 17.8. The fourth-order valence-corrected chi connectivity index (χ4v) is 9.18. The van der Waals surface area contributed by atoms with E-state index in [4.69, 9.17) is 31.5 Å². The van der Waals surface area contributed by atoms with E-state index in [9.17, 15) is 33.2 Å². The predicted octanol–water partition coefficient (Wildman–Crippen LogP) is 5.24. The number of primary amides is 1. The molecule has 21 heteroatoms. The maximum atomic E-state index is 13.9. The molecule has 3 aliphatic rings. The summed E-state index contributed by atoms with van der Waals surface area (Å²) in [4.78, 5) is 86.2. The number of halogens is 2. The van der Waals surface area contributed by atoms with Crippen LogP contribution in [0.4, 0.5) is 26.4 Å². The number of benzene rings is 3. The van der Waals surface area contributed by atoms with E-state index in [0.29, 0.717) is 124 Å². The van der Waals surface area contributed by atoms with Crippen molar-refractivity contribution in [3.8, 4) is 11.5 Å². The second-order valence-electron chi connectivity index (χ2n) is 18.0. The number of carbonyl (C=O) groups excluding carboxylic acids is 6. The number of imide groups is 1.